The normalized spacial score (nSPS) is 13.0. The Morgan fingerprint density at radius 2 is 1.54 bits per heavy atom. The summed E-state index contributed by atoms with van der Waals surface area (Å²) in [6.45, 7) is 0. The van der Waals surface area contributed by atoms with Crippen molar-refractivity contribution >= 4 is 38.9 Å². The van der Waals surface area contributed by atoms with Crippen molar-refractivity contribution in [3.63, 3.8) is 0 Å². The number of alkyl halides is 6. The second kappa shape index (κ2) is 8.77. The molecule has 182 valence electrons. The largest absolute Gasteiger partial charge is 0.516 e. The molecule has 0 unspecified atom stereocenters. The molecular formula is C23H15F6N3O2S. The van der Waals surface area contributed by atoms with Crippen LogP contribution in [-0.2, 0) is 16.2 Å². The highest BCUT2D eigenvalue weighted by Gasteiger charge is 2.46. The number of H-pyrrole nitrogens is 1. The minimum Gasteiger partial charge on any atom is -0.338 e. The van der Waals surface area contributed by atoms with Crippen molar-refractivity contribution in [1.29, 1.82) is 0 Å². The van der Waals surface area contributed by atoms with E-state index >= 15 is 0 Å². The van der Waals surface area contributed by atoms with Crippen LogP contribution in [0.3, 0.4) is 0 Å². The summed E-state index contributed by atoms with van der Waals surface area (Å²) in [5, 5.41) is 0. The molecule has 35 heavy (non-hydrogen) atoms. The van der Waals surface area contributed by atoms with Gasteiger partial charge in [0.1, 0.15) is 5.82 Å². The van der Waals surface area contributed by atoms with E-state index in [1.807, 2.05) is 0 Å². The maximum Gasteiger partial charge on any atom is 0.516 e. The van der Waals surface area contributed by atoms with Crippen molar-refractivity contribution in [2.45, 2.75) is 11.7 Å². The Hall–Kier alpha value is -3.80. The molecule has 0 fully saturated rings. The summed E-state index contributed by atoms with van der Waals surface area (Å²) in [4.78, 5) is 7.36. The van der Waals surface area contributed by atoms with Gasteiger partial charge in [-0.1, -0.05) is 42.5 Å². The van der Waals surface area contributed by atoms with Gasteiger partial charge in [-0.05, 0) is 47.5 Å². The smallest absolute Gasteiger partial charge is 0.338 e. The minimum atomic E-state index is -5.61. The van der Waals surface area contributed by atoms with Gasteiger partial charge in [0.2, 0.25) is 0 Å². The lowest BCUT2D eigenvalue weighted by atomic mass is 10.0. The second-order valence-electron chi connectivity index (χ2n) is 7.40. The SMILES string of the molecule is O=S(=O)(Nc1ccccc1-c1ccc2nc(C=Cc3ccc(C(F)(F)F)cc3)[nH]c2c1)C(F)(F)F. The molecule has 4 rings (SSSR count). The predicted molar refractivity (Wildman–Crippen MR) is 120 cm³/mol. The maximum atomic E-state index is 12.8. The third kappa shape index (κ3) is 5.32. The molecular weight excluding hydrogens is 496 g/mol. The molecule has 0 saturated carbocycles. The van der Waals surface area contributed by atoms with E-state index in [4.69, 9.17) is 0 Å². The lowest BCUT2D eigenvalue weighted by molar-refractivity contribution is -0.137. The zero-order chi connectivity index (χ0) is 25.4. The summed E-state index contributed by atoms with van der Waals surface area (Å²) >= 11 is 0. The number of aromatic amines is 1. The lowest BCUT2D eigenvalue weighted by Crippen LogP contribution is -2.30. The molecule has 4 aromatic rings. The number of fused-ring (bicyclic) bond motifs is 1. The van der Waals surface area contributed by atoms with Gasteiger partial charge in [-0.3, -0.25) is 4.72 Å². The average Bonchev–Trinajstić information content (AvgIpc) is 3.19. The van der Waals surface area contributed by atoms with E-state index < -0.39 is 27.3 Å². The van der Waals surface area contributed by atoms with Crippen LogP contribution in [-0.4, -0.2) is 23.9 Å². The van der Waals surface area contributed by atoms with Crippen LogP contribution >= 0.6 is 0 Å². The average molecular weight is 511 g/mol. The molecule has 0 atom stereocenters. The van der Waals surface area contributed by atoms with Crippen LogP contribution < -0.4 is 4.72 Å². The Bertz CT molecular complexity index is 1510. The highest BCUT2D eigenvalue weighted by Crippen LogP contribution is 2.33. The van der Waals surface area contributed by atoms with Crippen LogP contribution in [0.25, 0.3) is 34.3 Å². The molecule has 12 heteroatoms. The Morgan fingerprint density at radius 1 is 0.857 bits per heavy atom. The fourth-order valence-electron chi connectivity index (χ4n) is 3.26. The van der Waals surface area contributed by atoms with Crippen LogP contribution in [0.4, 0.5) is 32.0 Å². The topological polar surface area (TPSA) is 74.8 Å². The molecule has 0 saturated heterocycles. The fourth-order valence-corrected chi connectivity index (χ4v) is 3.84. The number of sulfonamides is 1. The number of imidazole rings is 1. The fraction of sp³-hybridized carbons (Fsp3) is 0.0870. The predicted octanol–water partition coefficient (Wildman–Crippen LogP) is 6.68. The number of nitrogens with one attached hydrogen (secondary N) is 2. The summed E-state index contributed by atoms with van der Waals surface area (Å²) in [6, 6.07) is 15.0. The van der Waals surface area contributed by atoms with Gasteiger partial charge in [-0.25, -0.2) is 4.98 Å². The van der Waals surface area contributed by atoms with Crippen molar-refractivity contribution in [2.75, 3.05) is 4.72 Å². The van der Waals surface area contributed by atoms with E-state index in [2.05, 4.69) is 9.97 Å². The third-order valence-electron chi connectivity index (χ3n) is 4.96. The van der Waals surface area contributed by atoms with Crippen LogP contribution in [0.15, 0.2) is 66.7 Å². The number of nitrogens with zero attached hydrogens (tertiary/aromatic N) is 1. The molecule has 0 aliphatic carbocycles. The zero-order valence-corrected chi connectivity index (χ0v) is 18.3. The Balaban J connectivity index is 1.61. The molecule has 1 heterocycles. The Labute approximate surface area is 195 Å². The first kappa shape index (κ1) is 24.3. The number of benzene rings is 3. The van der Waals surface area contributed by atoms with E-state index in [1.165, 1.54) is 30.3 Å². The summed E-state index contributed by atoms with van der Waals surface area (Å²) in [5.74, 6) is 0.392. The molecule has 0 bridgehead atoms. The monoisotopic (exact) mass is 511 g/mol. The number of hydrogen-bond donors (Lipinski definition) is 2. The zero-order valence-electron chi connectivity index (χ0n) is 17.4. The molecule has 3 aromatic carbocycles. The molecule has 0 radical (unpaired) electrons. The van der Waals surface area contributed by atoms with Gasteiger partial charge < -0.3 is 4.98 Å². The van der Waals surface area contributed by atoms with Crippen LogP contribution in [0.5, 0.6) is 0 Å². The summed E-state index contributed by atoms with van der Waals surface area (Å²) < 4.78 is 101. The second-order valence-corrected chi connectivity index (χ2v) is 9.08. The van der Waals surface area contributed by atoms with Gasteiger partial charge in [-0.15, -0.1) is 0 Å². The molecule has 0 aliphatic heterocycles. The summed E-state index contributed by atoms with van der Waals surface area (Å²) in [7, 11) is -5.61. The van der Waals surface area contributed by atoms with Crippen molar-refractivity contribution in [3.8, 4) is 11.1 Å². The number of hydrogen-bond acceptors (Lipinski definition) is 3. The van der Waals surface area contributed by atoms with Crippen molar-refractivity contribution in [2.24, 2.45) is 0 Å². The molecule has 2 N–H and O–H groups in total. The third-order valence-corrected chi connectivity index (χ3v) is 6.06. The van der Waals surface area contributed by atoms with Gasteiger partial charge in [0.15, 0.2) is 0 Å². The lowest BCUT2D eigenvalue weighted by Gasteiger charge is -2.14. The van der Waals surface area contributed by atoms with Gasteiger partial charge in [0.05, 0.1) is 22.3 Å². The first-order valence-corrected chi connectivity index (χ1v) is 11.4. The number of aromatic nitrogens is 2. The molecule has 0 spiro atoms. The van der Waals surface area contributed by atoms with Gasteiger partial charge in [0, 0.05) is 5.56 Å². The molecule has 0 amide bonds. The highest BCUT2D eigenvalue weighted by molar-refractivity contribution is 7.93. The van der Waals surface area contributed by atoms with Gasteiger partial charge in [0.25, 0.3) is 0 Å². The van der Waals surface area contributed by atoms with Crippen LogP contribution in [0.2, 0.25) is 0 Å². The van der Waals surface area contributed by atoms with Gasteiger partial charge in [-0.2, -0.15) is 34.8 Å². The summed E-state index contributed by atoms with van der Waals surface area (Å²) in [6.07, 6.45) is -1.29. The highest BCUT2D eigenvalue weighted by atomic mass is 32.2. The van der Waals surface area contributed by atoms with E-state index in [9.17, 15) is 34.8 Å². The van der Waals surface area contributed by atoms with Crippen molar-refractivity contribution < 1.29 is 34.8 Å². The molecule has 0 aliphatic rings. The Morgan fingerprint density at radius 3 is 2.20 bits per heavy atom. The number of halogens is 6. The van der Waals surface area contributed by atoms with Crippen molar-refractivity contribution in [3.05, 3.63) is 83.7 Å². The summed E-state index contributed by atoms with van der Waals surface area (Å²) in [5.41, 5.74) is -4.27. The molecule has 1 aromatic heterocycles. The molecule has 5 nitrogen and oxygen atoms in total. The maximum absolute atomic E-state index is 12.8. The van der Waals surface area contributed by atoms with Gasteiger partial charge >= 0.3 is 21.7 Å². The first-order valence-electron chi connectivity index (χ1n) is 9.87. The quantitative estimate of drug-likeness (QED) is 0.294. The van der Waals surface area contributed by atoms with E-state index in [-0.39, 0.29) is 11.3 Å². The van der Waals surface area contributed by atoms with Crippen LogP contribution in [0, 0.1) is 0 Å². The number of para-hydroxylation sites is 1. The number of anilines is 1. The van der Waals surface area contributed by atoms with Crippen molar-refractivity contribution in [1.82, 2.24) is 9.97 Å². The Kier molecular flexibility index (Phi) is 6.09. The van der Waals surface area contributed by atoms with Crippen LogP contribution in [0.1, 0.15) is 17.0 Å². The minimum absolute atomic E-state index is 0.221. The number of rotatable bonds is 5. The van der Waals surface area contributed by atoms with E-state index in [0.717, 1.165) is 12.1 Å². The first-order chi connectivity index (χ1) is 16.3. The standard InChI is InChI=1S/C23H15F6N3O2S/c24-22(25,26)16-9-5-14(6-10-16)7-12-21-30-19-11-8-15(13-20(19)31-21)17-3-1-2-4-18(17)32-35(33,34)23(27,28)29/h1-13,32H,(H,30,31). The van der Waals surface area contributed by atoms with E-state index in [0.29, 0.717) is 28.0 Å². The van der Waals surface area contributed by atoms with E-state index in [1.54, 1.807) is 41.1 Å².